The van der Waals surface area contributed by atoms with Gasteiger partial charge in [0.05, 0.1) is 6.61 Å². The van der Waals surface area contributed by atoms with Gasteiger partial charge in [-0.15, -0.1) is 6.58 Å². The number of alkyl halides is 1. The molecule has 2 atom stereocenters. The van der Waals surface area contributed by atoms with E-state index in [1.807, 2.05) is 18.2 Å². The van der Waals surface area contributed by atoms with Crippen molar-refractivity contribution < 1.29 is 9.66 Å². The Kier molecular flexibility index (Phi) is 5.14. The summed E-state index contributed by atoms with van der Waals surface area (Å²) in [5, 5.41) is 10.7. The Labute approximate surface area is 102 Å². The lowest BCUT2D eigenvalue weighted by molar-refractivity contribution is -0.506. The Morgan fingerprint density at radius 2 is 2.12 bits per heavy atom. The highest BCUT2D eigenvalue weighted by Gasteiger charge is 2.30. The fraction of sp³-hybridized carbons (Fsp3) is 0.273. The number of rotatable bonds is 6. The third kappa shape index (κ3) is 3.43. The molecule has 0 radical (unpaired) electrons. The van der Waals surface area contributed by atoms with Crippen molar-refractivity contribution in [1.29, 1.82) is 0 Å². The molecule has 1 aromatic carbocycles. The molecule has 0 aliphatic carbocycles. The van der Waals surface area contributed by atoms with Gasteiger partial charge < -0.3 is 4.74 Å². The molecule has 0 fully saturated rings. The highest BCUT2D eigenvalue weighted by atomic mass is 79.9. The van der Waals surface area contributed by atoms with Crippen LogP contribution in [0.4, 0.5) is 0 Å². The predicted octanol–water partition coefficient (Wildman–Crippen LogP) is 2.93. The van der Waals surface area contributed by atoms with E-state index in [1.54, 1.807) is 18.2 Å². The Hall–Kier alpha value is -1.20. The molecule has 0 aliphatic heterocycles. The highest BCUT2D eigenvalue weighted by Crippen LogP contribution is 2.26. The number of hydrogen-bond donors (Lipinski definition) is 0. The third-order valence-electron chi connectivity index (χ3n) is 1.97. The van der Waals surface area contributed by atoms with Crippen LogP contribution >= 0.6 is 15.9 Å². The van der Waals surface area contributed by atoms with E-state index in [0.717, 1.165) is 5.56 Å². The fourth-order valence-electron chi connectivity index (χ4n) is 1.26. The van der Waals surface area contributed by atoms with Crippen LogP contribution in [0.5, 0.6) is 0 Å². The second-order valence-corrected chi connectivity index (χ2v) is 4.05. The van der Waals surface area contributed by atoms with Crippen LogP contribution in [0.15, 0.2) is 43.0 Å². The van der Waals surface area contributed by atoms with Crippen LogP contribution in [0.25, 0.3) is 0 Å². The van der Waals surface area contributed by atoms with Crippen LogP contribution in [0.3, 0.4) is 0 Å². The molecule has 0 aliphatic rings. The zero-order valence-electron chi connectivity index (χ0n) is 8.58. The second kappa shape index (κ2) is 6.40. The first-order valence-electron chi connectivity index (χ1n) is 4.72. The molecule has 0 aromatic heterocycles. The topological polar surface area (TPSA) is 52.4 Å². The number of ether oxygens (including phenoxy) is 1. The minimum atomic E-state index is -0.963. The maximum absolute atomic E-state index is 10.7. The summed E-state index contributed by atoms with van der Waals surface area (Å²) in [6, 6.07) is 9.08. The summed E-state index contributed by atoms with van der Waals surface area (Å²) in [5.74, 6) is 0. The molecule has 2 unspecified atom stereocenters. The van der Waals surface area contributed by atoms with Crippen LogP contribution in [0, 0.1) is 10.1 Å². The first-order valence-corrected chi connectivity index (χ1v) is 5.63. The lowest BCUT2D eigenvalue weighted by Gasteiger charge is -2.17. The average Bonchev–Trinajstić information content (AvgIpc) is 2.30. The molecule has 0 saturated carbocycles. The standard InChI is InChI=1S/C11H12BrNO3/c1-2-8-16-10(11(12)13(14)15)9-6-4-3-5-7-9/h2-7,10-11H,1,8H2. The molecule has 1 aromatic rings. The van der Waals surface area contributed by atoms with Gasteiger partial charge in [-0.3, -0.25) is 10.1 Å². The molecule has 16 heavy (non-hydrogen) atoms. The molecule has 0 amide bonds. The van der Waals surface area contributed by atoms with Gasteiger partial charge in [-0.25, -0.2) is 0 Å². The molecule has 0 heterocycles. The van der Waals surface area contributed by atoms with Gasteiger partial charge in [-0.05, 0) is 21.5 Å². The maximum atomic E-state index is 10.7. The van der Waals surface area contributed by atoms with E-state index >= 15 is 0 Å². The van der Waals surface area contributed by atoms with E-state index < -0.39 is 16.0 Å². The lowest BCUT2D eigenvalue weighted by atomic mass is 10.1. The fourth-order valence-corrected chi connectivity index (χ4v) is 1.72. The predicted molar refractivity (Wildman–Crippen MR) is 65.0 cm³/mol. The summed E-state index contributed by atoms with van der Waals surface area (Å²) in [4.78, 5) is 9.35. The van der Waals surface area contributed by atoms with Crippen LogP contribution in [-0.2, 0) is 4.74 Å². The van der Waals surface area contributed by atoms with Gasteiger partial charge in [0.2, 0.25) is 0 Å². The van der Waals surface area contributed by atoms with Crippen LogP contribution in [0.2, 0.25) is 0 Å². The first kappa shape index (κ1) is 12.9. The summed E-state index contributed by atoms with van der Waals surface area (Å²) in [5.41, 5.74) is 0.767. The van der Waals surface area contributed by atoms with Crippen molar-refractivity contribution in [3.05, 3.63) is 58.7 Å². The SMILES string of the molecule is C=CCOC(c1ccccc1)C(Br)[N+](=O)[O-]. The number of nitrogens with zero attached hydrogens (tertiary/aromatic N) is 1. The summed E-state index contributed by atoms with van der Waals surface area (Å²) < 4.78 is 5.39. The van der Waals surface area contributed by atoms with Crippen molar-refractivity contribution in [2.24, 2.45) is 0 Å². The molecular formula is C11H12BrNO3. The van der Waals surface area contributed by atoms with Crippen molar-refractivity contribution >= 4 is 15.9 Å². The van der Waals surface area contributed by atoms with Crippen molar-refractivity contribution in [1.82, 2.24) is 0 Å². The van der Waals surface area contributed by atoms with E-state index in [4.69, 9.17) is 4.74 Å². The van der Waals surface area contributed by atoms with Crippen LogP contribution < -0.4 is 0 Å². The van der Waals surface area contributed by atoms with E-state index in [0.29, 0.717) is 0 Å². The monoisotopic (exact) mass is 285 g/mol. The zero-order valence-corrected chi connectivity index (χ0v) is 10.2. The summed E-state index contributed by atoms with van der Waals surface area (Å²) in [6.45, 7) is 3.79. The molecule has 0 bridgehead atoms. The maximum Gasteiger partial charge on any atom is 0.295 e. The summed E-state index contributed by atoms with van der Waals surface area (Å²) >= 11 is 3.02. The number of hydrogen-bond acceptors (Lipinski definition) is 3. The van der Waals surface area contributed by atoms with E-state index in [9.17, 15) is 10.1 Å². The molecule has 4 nitrogen and oxygen atoms in total. The minimum Gasteiger partial charge on any atom is -0.361 e. The number of benzene rings is 1. The van der Waals surface area contributed by atoms with Gasteiger partial charge in [0.15, 0.2) is 6.10 Å². The highest BCUT2D eigenvalue weighted by molar-refractivity contribution is 9.09. The number of halogens is 1. The van der Waals surface area contributed by atoms with Crippen molar-refractivity contribution in [3.8, 4) is 0 Å². The zero-order chi connectivity index (χ0) is 12.0. The van der Waals surface area contributed by atoms with Gasteiger partial charge in [-0.2, -0.15) is 0 Å². The summed E-state index contributed by atoms with van der Waals surface area (Å²) in [7, 11) is 0. The normalized spacial score (nSPS) is 14.1. The Bertz CT molecular complexity index is 356. The molecule has 0 N–H and O–H groups in total. The average molecular weight is 286 g/mol. The van der Waals surface area contributed by atoms with Gasteiger partial charge in [0, 0.05) is 4.92 Å². The smallest absolute Gasteiger partial charge is 0.295 e. The van der Waals surface area contributed by atoms with Crippen LogP contribution in [-0.4, -0.2) is 16.5 Å². The Morgan fingerprint density at radius 3 is 2.62 bits per heavy atom. The van der Waals surface area contributed by atoms with Gasteiger partial charge >= 0.3 is 0 Å². The van der Waals surface area contributed by atoms with Gasteiger partial charge in [-0.1, -0.05) is 36.4 Å². The number of nitro groups is 1. The summed E-state index contributed by atoms with van der Waals surface area (Å²) in [6.07, 6.45) is 0.949. The van der Waals surface area contributed by atoms with Crippen molar-refractivity contribution in [2.75, 3.05) is 6.61 Å². The van der Waals surface area contributed by atoms with Gasteiger partial charge in [0.1, 0.15) is 0 Å². The molecular weight excluding hydrogens is 274 g/mol. The largest absolute Gasteiger partial charge is 0.361 e. The van der Waals surface area contributed by atoms with Crippen molar-refractivity contribution in [3.63, 3.8) is 0 Å². The minimum absolute atomic E-state index is 0.273. The van der Waals surface area contributed by atoms with E-state index in [1.165, 1.54) is 0 Å². The lowest BCUT2D eigenvalue weighted by Crippen LogP contribution is -2.23. The third-order valence-corrected chi connectivity index (χ3v) is 2.79. The van der Waals surface area contributed by atoms with Crippen LogP contribution in [0.1, 0.15) is 11.7 Å². The van der Waals surface area contributed by atoms with Crippen molar-refractivity contribution in [2.45, 2.75) is 11.1 Å². The first-order chi connectivity index (χ1) is 7.66. The Morgan fingerprint density at radius 1 is 1.50 bits per heavy atom. The second-order valence-electron chi connectivity index (χ2n) is 3.11. The van der Waals surface area contributed by atoms with Gasteiger partial charge in [0.25, 0.3) is 4.95 Å². The Balaban J connectivity index is 2.86. The molecule has 0 saturated heterocycles. The molecule has 86 valence electrons. The molecule has 0 spiro atoms. The molecule has 1 rings (SSSR count). The van der Waals surface area contributed by atoms with E-state index in [-0.39, 0.29) is 6.61 Å². The molecule has 5 heteroatoms. The quantitative estimate of drug-likeness (QED) is 0.265. The van der Waals surface area contributed by atoms with E-state index in [2.05, 4.69) is 22.5 Å².